The van der Waals surface area contributed by atoms with Crippen molar-refractivity contribution < 1.29 is 17.6 Å². The average molecular weight is 449 g/mol. The van der Waals surface area contributed by atoms with Crippen LogP contribution in [-0.2, 0) is 16.6 Å². The molecule has 136 valence electrons. The second-order valence-electron chi connectivity index (χ2n) is 5.12. The summed E-state index contributed by atoms with van der Waals surface area (Å²) in [6.45, 7) is 4.48. The van der Waals surface area contributed by atoms with Gasteiger partial charge in [0, 0.05) is 22.4 Å². The van der Waals surface area contributed by atoms with E-state index in [9.17, 15) is 17.6 Å². The Morgan fingerprint density at radius 2 is 1.92 bits per heavy atom. The van der Waals surface area contributed by atoms with E-state index in [-0.39, 0.29) is 16.3 Å². The van der Waals surface area contributed by atoms with Crippen LogP contribution in [0.5, 0.6) is 0 Å². The van der Waals surface area contributed by atoms with Crippen molar-refractivity contribution in [2.75, 3.05) is 13.1 Å². The molecule has 9 heteroatoms. The molecule has 2 aromatic rings. The number of carbonyl (C=O) groups excluding carboxylic acids is 1. The summed E-state index contributed by atoms with van der Waals surface area (Å²) in [5.74, 6) is -1.17. The van der Waals surface area contributed by atoms with Crippen molar-refractivity contribution in [2.45, 2.75) is 24.6 Å². The van der Waals surface area contributed by atoms with Gasteiger partial charge in [0.15, 0.2) is 0 Å². The van der Waals surface area contributed by atoms with Crippen LogP contribution in [0.2, 0.25) is 0 Å². The lowest BCUT2D eigenvalue weighted by atomic mass is 10.2. The molecule has 1 N–H and O–H groups in total. The van der Waals surface area contributed by atoms with Crippen LogP contribution in [0.3, 0.4) is 0 Å². The molecule has 0 unspecified atom stereocenters. The highest BCUT2D eigenvalue weighted by atomic mass is 79.9. The predicted octanol–water partition coefficient (Wildman–Crippen LogP) is 3.61. The van der Waals surface area contributed by atoms with Gasteiger partial charge in [0.05, 0.1) is 12.1 Å². The molecule has 0 atom stereocenters. The summed E-state index contributed by atoms with van der Waals surface area (Å²) < 4.78 is 40.8. The zero-order valence-corrected chi connectivity index (χ0v) is 17.0. The third kappa shape index (κ3) is 4.66. The molecule has 0 saturated heterocycles. The summed E-state index contributed by atoms with van der Waals surface area (Å²) in [4.78, 5) is 12.8. The second kappa shape index (κ2) is 8.39. The van der Waals surface area contributed by atoms with Crippen LogP contribution in [0, 0.1) is 5.82 Å². The normalized spacial score (nSPS) is 11.7. The van der Waals surface area contributed by atoms with E-state index in [0.29, 0.717) is 22.4 Å². The number of thiophene rings is 1. The molecule has 0 fully saturated rings. The lowest BCUT2D eigenvalue weighted by Gasteiger charge is -2.16. The predicted molar refractivity (Wildman–Crippen MR) is 99.7 cm³/mol. The molecule has 0 aliphatic rings. The minimum Gasteiger partial charge on any atom is -0.347 e. The van der Waals surface area contributed by atoms with Gasteiger partial charge in [-0.05, 0) is 30.3 Å². The first kappa shape index (κ1) is 20.0. The van der Waals surface area contributed by atoms with Crippen molar-refractivity contribution in [1.29, 1.82) is 0 Å². The van der Waals surface area contributed by atoms with Gasteiger partial charge in [0.25, 0.3) is 15.9 Å². The third-order valence-corrected chi connectivity index (χ3v) is 7.63. The summed E-state index contributed by atoms with van der Waals surface area (Å²) in [5, 5.41) is 2.61. The maximum Gasteiger partial charge on any atom is 0.254 e. The monoisotopic (exact) mass is 448 g/mol. The molecule has 0 bridgehead atoms. The smallest absolute Gasteiger partial charge is 0.254 e. The molecule has 0 aliphatic carbocycles. The van der Waals surface area contributed by atoms with E-state index >= 15 is 0 Å². The number of amides is 1. The molecule has 25 heavy (non-hydrogen) atoms. The second-order valence-corrected chi connectivity index (χ2v) is 9.37. The number of carbonyl (C=O) groups is 1. The Morgan fingerprint density at radius 1 is 1.24 bits per heavy atom. The van der Waals surface area contributed by atoms with E-state index in [0.717, 1.165) is 11.3 Å². The standard InChI is InChI=1S/C16H18BrFN2O3S2/c1-3-20(4-2)25(22,23)15-8-6-12(24-15)10-19-16(21)13-9-11(17)5-7-14(13)18/h5-9H,3-4,10H2,1-2H3,(H,19,21). The first-order chi connectivity index (χ1) is 11.8. The molecular weight excluding hydrogens is 431 g/mol. The zero-order valence-electron chi connectivity index (χ0n) is 13.8. The number of rotatable bonds is 7. The topological polar surface area (TPSA) is 66.5 Å². The summed E-state index contributed by atoms with van der Waals surface area (Å²) in [6, 6.07) is 7.29. The summed E-state index contributed by atoms with van der Waals surface area (Å²) in [6.07, 6.45) is 0. The molecule has 1 heterocycles. The minimum atomic E-state index is -3.51. The molecule has 0 saturated carbocycles. The summed E-state index contributed by atoms with van der Waals surface area (Å²) in [5.41, 5.74) is -0.0677. The van der Waals surface area contributed by atoms with Crippen molar-refractivity contribution in [2.24, 2.45) is 0 Å². The maximum absolute atomic E-state index is 13.7. The van der Waals surface area contributed by atoms with Crippen molar-refractivity contribution in [1.82, 2.24) is 9.62 Å². The highest BCUT2D eigenvalue weighted by Gasteiger charge is 2.23. The Labute approximate surface area is 159 Å². The molecule has 1 amide bonds. The van der Waals surface area contributed by atoms with Gasteiger partial charge < -0.3 is 5.32 Å². The number of benzene rings is 1. The van der Waals surface area contributed by atoms with Gasteiger partial charge in [-0.2, -0.15) is 4.31 Å². The van der Waals surface area contributed by atoms with Crippen molar-refractivity contribution in [3.05, 3.63) is 51.1 Å². The SMILES string of the molecule is CCN(CC)S(=O)(=O)c1ccc(CNC(=O)c2cc(Br)ccc2F)s1. The molecule has 1 aromatic carbocycles. The molecule has 5 nitrogen and oxygen atoms in total. The van der Waals surface area contributed by atoms with Gasteiger partial charge in [-0.3, -0.25) is 4.79 Å². The number of hydrogen-bond donors (Lipinski definition) is 1. The van der Waals surface area contributed by atoms with Crippen molar-refractivity contribution >= 4 is 43.2 Å². The maximum atomic E-state index is 13.7. The van der Waals surface area contributed by atoms with Crippen LogP contribution in [-0.4, -0.2) is 31.7 Å². The largest absolute Gasteiger partial charge is 0.347 e. The quantitative estimate of drug-likeness (QED) is 0.703. The lowest BCUT2D eigenvalue weighted by Crippen LogP contribution is -2.30. The van der Waals surface area contributed by atoms with E-state index in [2.05, 4.69) is 21.2 Å². The summed E-state index contributed by atoms with van der Waals surface area (Å²) >= 11 is 4.29. The highest BCUT2D eigenvalue weighted by Crippen LogP contribution is 2.25. The van der Waals surface area contributed by atoms with Gasteiger partial charge in [-0.15, -0.1) is 11.3 Å². The van der Waals surface area contributed by atoms with E-state index in [1.165, 1.54) is 28.6 Å². The minimum absolute atomic E-state index is 0.0677. The van der Waals surface area contributed by atoms with E-state index in [1.807, 2.05) is 0 Å². The van der Waals surface area contributed by atoms with Crippen molar-refractivity contribution in [3.63, 3.8) is 0 Å². The first-order valence-electron chi connectivity index (χ1n) is 7.61. The lowest BCUT2D eigenvalue weighted by molar-refractivity contribution is 0.0947. The van der Waals surface area contributed by atoms with E-state index < -0.39 is 21.7 Å². The fraction of sp³-hybridized carbons (Fsp3) is 0.312. The molecule has 0 radical (unpaired) electrons. The Kier molecular flexibility index (Phi) is 6.72. The van der Waals surface area contributed by atoms with Gasteiger partial charge in [-0.25, -0.2) is 12.8 Å². The van der Waals surface area contributed by atoms with Crippen LogP contribution in [0.25, 0.3) is 0 Å². The summed E-state index contributed by atoms with van der Waals surface area (Å²) in [7, 11) is -3.51. The molecule has 0 aliphatic heterocycles. The van der Waals surface area contributed by atoms with E-state index in [1.54, 1.807) is 19.9 Å². The van der Waals surface area contributed by atoms with Gasteiger partial charge in [0.2, 0.25) is 0 Å². The first-order valence-corrected chi connectivity index (χ1v) is 10.7. The van der Waals surface area contributed by atoms with Crippen molar-refractivity contribution in [3.8, 4) is 0 Å². The number of nitrogens with zero attached hydrogens (tertiary/aromatic N) is 1. The van der Waals surface area contributed by atoms with Crippen LogP contribution in [0.15, 0.2) is 39.0 Å². The number of nitrogens with one attached hydrogen (secondary N) is 1. The fourth-order valence-corrected chi connectivity index (χ4v) is 5.49. The highest BCUT2D eigenvalue weighted by molar-refractivity contribution is 9.10. The van der Waals surface area contributed by atoms with Crippen LogP contribution in [0.1, 0.15) is 29.1 Å². The molecule has 1 aromatic heterocycles. The number of halogens is 2. The Morgan fingerprint density at radius 3 is 2.56 bits per heavy atom. The van der Waals surface area contributed by atoms with E-state index in [4.69, 9.17) is 0 Å². The fourth-order valence-electron chi connectivity index (χ4n) is 2.22. The van der Waals surface area contributed by atoms with Crippen LogP contribution < -0.4 is 5.32 Å². The molecular formula is C16H18BrFN2O3S2. The third-order valence-electron chi connectivity index (χ3n) is 3.53. The molecule has 0 spiro atoms. The zero-order chi connectivity index (χ0) is 18.6. The molecule has 2 rings (SSSR count). The Balaban J connectivity index is 2.09. The Bertz CT molecular complexity index is 864. The van der Waals surface area contributed by atoms with Gasteiger partial charge in [-0.1, -0.05) is 29.8 Å². The number of hydrogen-bond acceptors (Lipinski definition) is 4. The van der Waals surface area contributed by atoms with Gasteiger partial charge in [0.1, 0.15) is 10.0 Å². The number of sulfonamides is 1. The average Bonchev–Trinajstić information content (AvgIpc) is 3.05. The van der Waals surface area contributed by atoms with Gasteiger partial charge >= 0.3 is 0 Å². The van der Waals surface area contributed by atoms with Crippen LogP contribution in [0.4, 0.5) is 4.39 Å². The van der Waals surface area contributed by atoms with Crippen LogP contribution >= 0.6 is 27.3 Å². The Hall–Kier alpha value is -1.29.